The second-order valence-electron chi connectivity index (χ2n) is 3.46. The normalized spacial score (nSPS) is 16.5. The van der Waals surface area contributed by atoms with Gasteiger partial charge in [-0.2, -0.15) is 0 Å². The van der Waals surface area contributed by atoms with Crippen molar-refractivity contribution in [3.8, 4) is 0 Å². The standard InChI is InChI=1S/C10H11N3O2/c14-8-2-1-5-13(6-8)10(15)9-3-4-11-7-12-9/h3-4,7H,1-2,5-6H2. The molecule has 0 spiro atoms. The topological polar surface area (TPSA) is 63.2 Å². The van der Waals surface area contributed by atoms with E-state index in [1.807, 2.05) is 0 Å². The van der Waals surface area contributed by atoms with Gasteiger partial charge in [0.1, 0.15) is 12.0 Å². The zero-order chi connectivity index (χ0) is 10.7. The molecule has 0 N–H and O–H groups in total. The molecule has 0 saturated carbocycles. The fourth-order valence-electron chi connectivity index (χ4n) is 1.59. The van der Waals surface area contributed by atoms with Crippen LogP contribution in [0.1, 0.15) is 23.3 Å². The number of ketones is 1. The molecule has 1 aliphatic heterocycles. The summed E-state index contributed by atoms with van der Waals surface area (Å²) in [6.07, 6.45) is 4.17. The first-order valence-electron chi connectivity index (χ1n) is 4.84. The Balaban J connectivity index is 2.11. The van der Waals surface area contributed by atoms with Crippen LogP contribution in [0.25, 0.3) is 0 Å². The summed E-state index contributed by atoms with van der Waals surface area (Å²) in [5, 5.41) is 0. The molecule has 0 bridgehead atoms. The van der Waals surface area contributed by atoms with Crippen LogP contribution in [0.2, 0.25) is 0 Å². The van der Waals surface area contributed by atoms with E-state index in [4.69, 9.17) is 0 Å². The van der Waals surface area contributed by atoms with Crippen LogP contribution in [-0.4, -0.2) is 39.6 Å². The van der Waals surface area contributed by atoms with Crippen LogP contribution in [-0.2, 0) is 4.79 Å². The van der Waals surface area contributed by atoms with Gasteiger partial charge in [-0.1, -0.05) is 0 Å². The van der Waals surface area contributed by atoms with Crippen LogP contribution in [0.4, 0.5) is 0 Å². The van der Waals surface area contributed by atoms with Crippen molar-refractivity contribution < 1.29 is 9.59 Å². The number of hydrogen-bond donors (Lipinski definition) is 0. The third-order valence-electron chi connectivity index (χ3n) is 2.34. The van der Waals surface area contributed by atoms with Crippen LogP contribution in [0.5, 0.6) is 0 Å². The lowest BCUT2D eigenvalue weighted by atomic mass is 10.1. The lowest BCUT2D eigenvalue weighted by Crippen LogP contribution is -2.40. The quantitative estimate of drug-likeness (QED) is 0.660. The zero-order valence-corrected chi connectivity index (χ0v) is 8.22. The SMILES string of the molecule is O=C1CCCN(C(=O)c2ccncn2)C1. The number of carbonyl (C=O) groups excluding carboxylic acids is 2. The molecule has 0 aliphatic carbocycles. The molecule has 0 unspecified atom stereocenters. The van der Waals surface area contributed by atoms with Gasteiger partial charge in [-0.05, 0) is 12.5 Å². The van der Waals surface area contributed by atoms with Gasteiger partial charge < -0.3 is 4.90 Å². The molecule has 5 heteroatoms. The van der Waals surface area contributed by atoms with Crippen molar-refractivity contribution >= 4 is 11.7 Å². The van der Waals surface area contributed by atoms with Gasteiger partial charge in [0.2, 0.25) is 0 Å². The average Bonchev–Trinajstić information content (AvgIpc) is 2.29. The lowest BCUT2D eigenvalue weighted by molar-refractivity contribution is -0.121. The van der Waals surface area contributed by atoms with Crippen molar-refractivity contribution in [2.75, 3.05) is 13.1 Å². The van der Waals surface area contributed by atoms with E-state index in [1.54, 1.807) is 6.07 Å². The summed E-state index contributed by atoms with van der Waals surface area (Å²) in [6, 6.07) is 1.56. The highest BCUT2D eigenvalue weighted by Gasteiger charge is 2.22. The van der Waals surface area contributed by atoms with E-state index in [2.05, 4.69) is 9.97 Å². The number of likely N-dealkylation sites (tertiary alicyclic amines) is 1. The summed E-state index contributed by atoms with van der Waals surface area (Å²) in [5.74, 6) is -0.0749. The van der Waals surface area contributed by atoms with Gasteiger partial charge in [-0.3, -0.25) is 9.59 Å². The fraction of sp³-hybridized carbons (Fsp3) is 0.400. The van der Waals surface area contributed by atoms with Crippen molar-refractivity contribution in [2.24, 2.45) is 0 Å². The Morgan fingerprint density at radius 1 is 1.47 bits per heavy atom. The highest BCUT2D eigenvalue weighted by Crippen LogP contribution is 2.09. The predicted molar refractivity (Wildman–Crippen MR) is 52.2 cm³/mol. The van der Waals surface area contributed by atoms with E-state index < -0.39 is 0 Å². The average molecular weight is 205 g/mol. The molecule has 78 valence electrons. The number of carbonyl (C=O) groups is 2. The third-order valence-corrected chi connectivity index (χ3v) is 2.34. The smallest absolute Gasteiger partial charge is 0.272 e. The number of amides is 1. The van der Waals surface area contributed by atoms with Gasteiger partial charge in [0.05, 0.1) is 6.54 Å². The number of nitrogens with zero attached hydrogens (tertiary/aromatic N) is 3. The molecule has 2 rings (SSSR count). The number of piperidine rings is 1. The second kappa shape index (κ2) is 4.16. The molecule has 2 heterocycles. The molecule has 1 saturated heterocycles. The minimum atomic E-state index is -0.189. The van der Waals surface area contributed by atoms with Gasteiger partial charge in [0.15, 0.2) is 5.78 Å². The molecule has 1 aromatic rings. The van der Waals surface area contributed by atoms with Crippen LogP contribution < -0.4 is 0 Å². The first kappa shape index (κ1) is 9.76. The minimum Gasteiger partial charge on any atom is -0.330 e. The fourth-order valence-corrected chi connectivity index (χ4v) is 1.59. The van der Waals surface area contributed by atoms with E-state index in [0.29, 0.717) is 18.7 Å². The van der Waals surface area contributed by atoms with Crippen molar-refractivity contribution in [1.82, 2.24) is 14.9 Å². The summed E-state index contributed by atoms with van der Waals surface area (Å²) in [4.78, 5) is 32.2. The number of aromatic nitrogens is 2. The molecule has 0 aromatic carbocycles. The first-order valence-corrected chi connectivity index (χ1v) is 4.84. The van der Waals surface area contributed by atoms with Gasteiger partial charge in [-0.15, -0.1) is 0 Å². The monoisotopic (exact) mass is 205 g/mol. The number of hydrogen-bond acceptors (Lipinski definition) is 4. The first-order chi connectivity index (χ1) is 7.27. The van der Waals surface area contributed by atoms with Crippen molar-refractivity contribution in [3.05, 3.63) is 24.3 Å². The van der Waals surface area contributed by atoms with Gasteiger partial charge >= 0.3 is 0 Å². The molecular formula is C10H11N3O2. The van der Waals surface area contributed by atoms with Gasteiger partial charge in [0, 0.05) is 19.2 Å². The maximum absolute atomic E-state index is 11.8. The summed E-state index contributed by atoms with van der Waals surface area (Å²) in [6.45, 7) is 0.845. The van der Waals surface area contributed by atoms with Gasteiger partial charge in [-0.25, -0.2) is 9.97 Å². The highest BCUT2D eigenvalue weighted by molar-refractivity contribution is 5.95. The molecule has 1 amide bonds. The molecule has 1 fully saturated rings. The van der Waals surface area contributed by atoms with Crippen molar-refractivity contribution in [2.45, 2.75) is 12.8 Å². The van der Waals surface area contributed by atoms with E-state index in [0.717, 1.165) is 6.42 Å². The molecular weight excluding hydrogens is 194 g/mol. The van der Waals surface area contributed by atoms with Crippen LogP contribution in [0.15, 0.2) is 18.6 Å². The number of rotatable bonds is 1. The maximum atomic E-state index is 11.8. The minimum absolute atomic E-state index is 0.114. The van der Waals surface area contributed by atoms with Gasteiger partial charge in [0.25, 0.3) is 5.91 Å². The molecule has 15 heavy (non-hydrogen) atoms. The Morgan fingerprint density at radius 2 is 2.33 bits per heavy atom. The lowest BCUT2D eigenvalue weighted by Gasteiger charge is -2.25. The Morgan fingerprint density at radius 3 is 3.00 bits per heavy atom. The molecule has 0 radical (unpaired) electrons. The van der Waals surface area contributed by atoms with E-state index in [1.165, 1.54) is 17.4 Å². The largest absolute Gasteiger partial charge is 0.330 e. The number of Topliss-reactive ketones (excluding diaryl/α,β-unsaturated/α-hetero) is 1. The van der Waals surface area contributed by atoms with E-state index >= 15 is 0 Å². The summed E-state index contributed by atoms with van der Waals surface area (Å²) in [5.41, 5.74) is 0.347. The van der Waals surface area contributed by atoms with Crippen molar-refractivity contribution in [1.29, 1.82) is 0 Å². The van der Waals surface area contributed by atoms with Crippen LogP contribution in [0.3, 0.4) is 0 Å². The Labute approximate surface area is 87.1 Å². The second-order valence-corrected chi connectivity index (χ2v) is 3.46. The maximum Gasteiger partial charge on any atom is 0.272 e. The summed E-state index contributed by atoms with van der Waals surface area (Å²) in [7, 11) is 0. The third kappa shape index (κ3) is 2.18. The predicted octanol–water partition coefficient (Wildman–Crippen LogP) is 0.282. The molecule has 5 nitrogen and oxygen atoms in total. The van der Waals surface area contributed by atoms with Crippen LogP contribution in [0, 0.1) is 0 Å². The Kier molecular flexibility index (Phi) is 2.71. The molecule has 0 atom stereocenters. The summed E-state index contributed by atoms with van der Waals surface area (Å²) >= 11 is 0. The summed E-state index contributed by atoms with van der Waals surface area (Å²) < 4.78 is 0. The van der Waals surface area contributed by atoms with Crippen LogP contribution >= 0.6 is 0 Å². The highest BCUT2D eigenvalue weighted by atomic mass is 16.2. The Bertz CT molecular complexity index is 378. The van der Waals surface area contributed by atoms with Crippen molar-refractivity contribution in [3.63, 3.8) is 0 Å². The Hall–Kier alpha value is -1.78. The zero-order valence-electron chi connectivity index (χ0n) is 8.22. The van der Waals surface area contributed by atoms with E-state index in [-0.39, 0.29) is 18.2 Å². The molecule has 1 aromatic heterocycles. The molecule has 1 aliphatic rings. The van der Waals surface area contributed by atoms with E-state index in [9.17, 15) is 9.59 Å².